The number of nitrogens with zero attached hydrogens (tertiary/aromatic N) is 1. The molecule has 0 aliphatic rings. The zero-order valence-corrected chi connectivity index (χ0v) is 18.4. The fourth-order valence-electron chi connectivity index (χ4n) is 3.56. The van der Waals surface area contributed by atoms with Crippen molar-refractivity contribution in [2.45, 2.75) is 33.5 Å². The minimum Gasteiger partial charge on any atom is -0.457 e. The number of pyridine rings is 1. The number of anilines is 1. The second-order valence-corrected chi connectivity index (χ2v) is 7.74. The number of benzene rings is 2. The van der Waals surface area contributed by atoms with E-state index in [1.54, 1.807) is 33.2 Å². The number of aromatic amines is 1. The molecule has 32 heavy (non-hydrogen) atoms. The van der Waals surface area contributed by atoms with Crippen molar-refractivity contribution >= 4 is 33.6 Å². The Hall–Kier alpha value is -3.78. The summed E-state index contributed by atoms with van der Waals surface area (Å²) in [7, 11) is 1.57. The van der Waals surface area contributed by atoms with Crippen LogP contribution >= 0.6 is 0 Å². The van der Waals surface area contributed by atoms with Crippen LogP contribution in [0.1, 0.15) is 25.0 Å². The minimum atomic E-state index is -0.813. The van der Waals surface area contributed by atoms with Crippen molar-refractivity contribution in [1.29, 1.82) is 0 Å². The molecule has 166 valence electrons. The van der Waals surface area contributed by atoms with Crippen LogP contribution in [0.15, 0.2) is 42.6 Å². The summed E-state index contributed by atoms with van der Waals surface area (Å²) in [5, 5.41) is 1.73. The first-order chi connectivity index (χ1) is 15.4. The standard InChI is InChI=1S/C24H25N3O5/c1-13(2)30-24(28)32-23-18(12-29-4)22-17-10-16(6-7-19(17)27-20(22)11-26-23)31-21-8-5-15(25)9-14(21)3/h5-11,13,27H,12,25H2,1-4H3. The summed E-state index contributed by atoms with van der Waals surface area (Å²) < 4.78 is 22.0. The maximum absolute atomic E-state index is 12.1. The Morgan fingerprint density at radius 1 is 1.16 bits per heavy atom. The highest BCUT2D eigenvalue weighted by molar-refractivity contribution is 6.09. The van der Waals surface area contributed by atoms with Gasteiger partial charge in [0.15, 0.2) is 0 Å². The Bertz CT molecular complexity index is 1300. The Labute approximate surface area is 185 Å². The molecule has 0 fully saturated rings. The second kappa shape index (κ2) is 8.76. The monoisotopic (exact) mass is 435 g/mol. The van der Waals surface area contributed by atoms with E-state index in [1.807, 2.05) is 37.3 Å². The van der Waals surface area contributed by atoms with Gasteiger partial charge < -0.3 is 29.7 Å². The van der Waals surface area contributed by atoms with Gasteiger partial charge in [0.25, 0.3) is 0 Å². The summed E-state index contributed by atoms with van der Waals surface area (Å²) in [4.78, 5) is 19.7. The van der Waals surface area contributed by atoms with Crippen LogP contribution in [0, 0.1) is 6.92 Å². The summed E-state index contributed by atoms with van der Waals surface area (Å²) in [6, 6.07) is 11.3. The number of nitrogens with two attached hydrogens (primary N) is 1. The molecule has 0 saturated carbocycles. The van der Waals surface area contributed by atoms with Crippen molar-refractivity contribution in [1.82, 2.24) is 9.97 Å². The summed E-state index contributed by atoms with van der Waals surface area (Å²) in [6.07, 6.45) is 0.505. The SMILES string of the molecule is COCc1c(OC(=O)OC(C)C)ncc2[nH]c3ccc(Oc4ccc(N)cc4C)cc3c12. The van der Waals surface area contributed by atoms with E-state index in [4.69, 9.17) is 24.7 Å². The van der Waals surface area contributed by atoms with E-state index < -0.39 is 6.16 Å². The Morgan fingerprint density at radius 3 is 2.69 bits per heavy atom. The molecular formula is C24H25N3O5. The van der Waals surface area contributed by atoms with E-state index in [0.29, 0.717) is 17.0 Å². The molecule has 8 nitrogen and oxygen atoms in total. The lowest BCUT2D eigenvalue weighted by molar-refractivity contribution is 0.0705. The average molecular weight is 435 g/mol. The molecule has 8 heteroatoms. The lowest BCUT2D eigenvalue weighted by atomic mass is 10.1. The van der Waals surface area contributed by atoms with Crippen molar-refractivity contribution in [2.24, 2.45) is 0 Å². The molecule has 0 unspecified atom stereocenters. The highest BCUT2D eigenvalue weighted by atomic mass is 16.7. The number of carbonyl (C=O) groups is 1. The average Bonchev–Trinajstić information content (AvgIpc) is 3.09. The van der Waals surface area contributed by atoms with Crippen molar-refractivity contribution in [2.75, 3.05) is 12.8 Å². The largest absolute Gasteiger partial charge is 0.515 e. The highest BCUT2D eigenvalue weighted by Crippen LogP contribution is 2.36. The van der Waals surface area contributed by atoms with Crippen LogP contribution in [-0.4, -0.2) is 29.3 Å². The van der Waals surface area contributed by atoms with Gasteiger partial charge in [-0.05, 0) is 62.7 Å². The van der Waals surface area contributed by atoms with Crippen LogP contribution in [0.2, 0.25) is 0 Å². The highest BCUT2D eigenvalue weighted by Gasteiger charge is 2.19. The number of ether oxygens (including phenoxy) is 4. The zero-order chi connectivity index (χ0) is 22.8. The summed E-state index contributed by atoms with van der Waals surface area (Å²) in [5.74, 6) is 1.53. The normalized spacial score (nSPS) is 11.3. The number of nitrogens with one attached hydrogen (secondary N) is 1. The number of H-pyrrole nitrogens is 1. The molecule has 0 spiro atoms. The first-order valence-electron chi connectivity index (χ1n) is 10.2. The third kappa shape index (κ3) is 4.31. The first kappa shape index (κ1) is 21.5. The van der Waals surface area contributed by atoms with Gasteiger partial charge in [-0.15, -0.1) is 0 Å². The van der Waals surface area contributed by atoms with Crippen LogP contribution in [0.4, 0.5) is 10.5 Å². The van der Waals surface area contributed by atoms with Crippen LogP contribution in [0.3, 0.4) is 0 Å². The summed E-state index contributed by atoms with van der Waals surface area (Å²) in [6.45, 7) is 5.64. The summed E-state index contributed by atoms with van der Waals surface area (Å²) >= 11 is 0. The maximum Gasteiger partial charge on any atom is 0.515 e. The molecule has 0 atom stereocenters. The predicted octanol–water partition coefficient (Wildman–Crippen LogP) is 5.47. The van der Waals surface area contributed by atoms with E-state index in [0.717, 1.165) is 33.1 Å². The number of hydrogen-bond acceptors (Lipinski definition) is 7. The van der Waals surface area contributed by atoms with Gasteiger partial charge in [0.05, 0.1) is 30.0 Å². The number of aryl methyl sites for hydroxylation is 1. The Kier molecular flexibility index (Phi) is 5.87. The van der Waals surface area contributed by atoms with E-state index in [-0.39, 0.29) is 18.6 Å². The van der Waals surface area contributed by atoms with Crippen LogP contribution in [0.5, 0.6) is 17.4 Å². The maximum atomic E-state index is 12.1. The number of fused-ring (bicyclic) bond motifs is 3. The van der Waals surface area contributed by atoms with Crippen LogP contribution < -0.4 is 15.2 Å². The number of aromatic nitrogens is 2. The molecule has 0 bridgehead atoms. The molecule has 0 radical (unpaired) electrons. The van der Waals surface area contributed by atoms with Crippen LogP contribution in [-0.2, 0) is 16.1 Å². The van der Waals surface area contributed by atoms with Crippen molar-refractivity contribution in [3.63, 3.8) is 0 Å². The molecule has 4 aromatic rings. The quantitative estimate of drug-likeness (QED) is 0.305. The zero-order valence-electron chi connectivity index (χ0n) is 18.4. The molecule has 4 rings (SSSR count). The Morgan fingerprint density at radius 2 is 1.97 bits per heavy atom. The van der Waals surface area contributed by atoms with Gasteiger partial charge in [-0.1, -0.05) is 0 Å². The molecule has 0 amide bonds. The van der Waals surface area contributed by atoms with Gasteiger partial charge in [0.2, 0.25) is 5.88 Å². The van der Waals surface area contributed by atoms with E-state index in [9.17, 15) is 4.79 Å². The van der Waals surface area contributed by atoms with E-state index in [2.05, 4.69) is 9.97 Å². The van der Waals surface area contributed by atoms with Gasteiger partial charge in [-0.3, -0.25) is 0 Å². The fraction of sp³-hybridized carbons (Fsp3) is 0.250. The third-order valence-electron chi connectivity index (χ3n) is 4.90. The minimum absolute atomic E-state index is 0.145. The van der Waals surface area contributed by atoms with Gasteiger partial charge in [0, 0.05) is 29.1 Å². The molecule has 2 heterocycles. The molecule has 0 saturated heterocycles. The van der Waals surface area contributed by atoms with Gasteiger partial charge in [-0.25, -0.2) is 9.78 Å². The molecule has 0 aliphatic carbocycles. The first-order valence-corrected chi connectivity index (χ1v) is 10.2. The van der Waals surface area contributed by atoms with Gasteiger partial charge in [-0.2, -0.15) is 0 Å². The van der Waals surface area contributed by atoms with Crippen LogP contribution in [0.25, 0.3) is 21.8 Å². The fourth-order valence-corrected chi connectivity index (χ4v) is 3.56. The van der Waals surface area contributed by atoms with Gasteiger partial charge >= 0.3 is 6.16 Å². The predicted molar refractivity (Wildman–Crippen MR) is 122 cm³/mol. The number of hydrogen-bond donors (Lipinski definition) is 2. The van der Waals surface area contributed by atoms with Crippen molar-refractivity contribution in [3.8, 4) is 17.4 Å². The lowest BCUT2D eigenvalue weighted by Gasteiger charge is -2.12. The Balaban J connectivity index is 1.79. The van der Waals surface area contributed by atoms with E-state index in [1.165, 1.54) is 0 Å². The molecule has 2 aromatic carbocycles. The molecule has 2 aromatic heterocycles. The number of methoxy groups -OCH3 is 1. The summed E-state index contributed by atoms with van der Waals surface area (Å²) in [5.41, 5.74) is 9.78. The topological polar surface area (TPSA) is 109 Å². The number of nitrogen functional groups attached to an aromatic ring is 1. The lowest BCUT2D eigenvalue weighted by Crippen LogP contribution is -2.17. The smallest absolute Gasteiger partial charge is 0.457 e. The second-order valence-electron chi connectivity index (χ2n) is 7.74. The molecule has 3 N–H and O–H groups in total. The van der Waals surface area contributed by atoms with E-state index >= 15 is 0 Å². The number of rotatable bonds is 6. The number of carbonyl (C=O) groups excluding carboxylic acids is 1. The van der Waals surface area contributed by atoms with Gasteiger partial charge in [0.1, 0.15) is 11.5 Å². The van der Waals surface area contributed by atoms with Crippen molar-refractivity contribution < 1.29 is 23.7 Å². The molecule has 0 aliphatic heterocycles. The molecular weight excluding hydrogens is 410 g/mol. The third-order valence-corrected chi connectivity index (χ3v) is 4.90. The van der Waals surface area contributed by atoms with Crippen molar-refractivity contribution in [3.05, 3.63) is 53.7 Å².